The number of nitrogens with one attached hydrogen (secondary N) is 1. The van der Waals surface area contributed by atoms with E-state index in [1.807, 2.05) is 42.6 Å². The first kappa shape index (κ1) is 13.8. The second kappa shape index (κ2) is 7.09. The van der Waals surface area contributed by atoms with Gasteiger partial charge in [-0.05, 0) is 30.5 Å². The predicted molar refractivity (Wildman–Crippen MR) is 82.6 cm³/mol. The zero-order valence-electron chi connectivity index (χ0n) is 11.1. The third-order valence-electron chi connectivity index (χ3n) is 2.80. The van der Waals surface area contributed by atoms with E-state index in [-0.39, 0.29) is 0 Å². The van der Waals surface area contributed by atoms with Gasteiger partial charge in [0.15, 0.2) is 0 Å². The monoisotopic (exact) mass is 267 g/mol. The Morgan fingerprint density at radius 3 is 2.55 bits per heavy atom. The number of hydrogen-bond donors (Lipinski definition) is 2. The summed E-state index contributed by atoms with van der Waals surface area (Å²) < 4.78 is 0. The topological polar surface area (TPSA) is 67.5 Å². The van der Waals surface area contributed by atoms with Crippen LogP contribution in [0.15, 0.2) is 59.6 Å². The molecule has 0 aliphatic carbocycles. The summed E-state index contributed by atoms with van der Waals surface area (Å²) >= 11 is 0. The van der Waals surface area contributed by atoms with E-state index in [2.05, 4.69) is 22.4 Å². The summed E-state index contributed by atoms with van der Waals surface area (Å²) in [5, 5.41) is 2.56. The van der Waals surface area contributed by atoms with Gasteiger partial charge in [-0.3, -0.25) is 4.99 Å². The number of primary amides is 1. The number of urea groups is 1. The Kier molecular flexibility index (Phi) is 4.89. The Hall–Kier alpha value is -2.62. The van der Waals surface area contributed by atoms with Crippen LogP contribution in [0, 0.1) is 0 Å². The van der Waals surface area contributed by atoms with E-state index in [0.29, 0.717) is 11.4 Å². The van der Waals surface area contributed by atoms with Gasteiger partial charge in [-0.2, -0.15) is 0 Å². The van der Waals surface area contributed by atoms with Crippen molar-refractivity contribution in [3.05, 3.63) is 60.2 Å². The largest absolute Gasteiger partial charge is 0.351 e. The first-order valence-electron chi connectivity index (χ1n) is 6.47. The molecule has 2 rings (SSSR count). The van der Waals surface area contributed by atoms with Gasteiger partial charge in [0.25, 0.3) is 0 Å². The van der Waals surface area contributed by atoms with Crippen LogP contribution < -0.4 is 11.1 Å². The lowest BCUT2D eigenvalue weighted by Crippen LogP contribution is -2.19. The maximum atomic E-state index is 10.9. The highest BCUT2D eigenvalue weighted by atomic mass is 16.2. The van der Waals surface area contributed by atoms with E-state index in [1.165, 1.54) is 5.56 Å². The molecule has 0 heterocycles. The minimum Gasteiger partial charge on any atom is -0.351 e. The minimum absolute atomic E-state index is 0.586. The van der Waals surface area contributed by atoms with Crippen LogP contribution in [-0.2, 0) is 6.42 Å². The third kappa shape index (κ3) is 4.24. The van der Waals surface area contributed by atoms with E-state index in [1.54, 1.807) is 6.07 Å². The summed E-state index contributed by atoms with van der Waals surface area (Å²) in [6.07, 6.45) is 3.64. The number of aryl methyl sites for hydroxylation is 1. The first-order chi connectivity index (χ1) is 9.75. The van der Waals surface area contributed by atoms with Gasteiger partial charge in [0.1, 0.15) is 0 Å². The molecule has 0 aliphatic heterocycles. The van der Waals surface area contributed by atoms with Gasteiger partial charge in [-0.25, -0.2) is 4.79 Å². The Balaban J connectivity index is 1.96. The summed E-state index contributed by atoms with van der Waals surface area (Å²) in [6, 6.07) is 17.0. The van der Waals surface area contributed by atoms with Crippen molar-refractivity contribution in [2.75, 3.05) is 5.32 Å². The molecule has 0 aromatic heterocycles. The standard InChI is InChI=1S/C16H17N3O/c17-16(20)19-15-11-5-4-10-14(15)18-12-6-9-13-7-2-1-3-8-13/h1-5,7-8,10-12H,6,9H2,(H3,17,19,20). The number of benzene rings is 2. The normalized spacial score (nSPS) is 10.6. The number of carbonyl (C=O) groups is 1. The Labute approximate surface area is 118 Å². The maximum absolute atomic E-state index is 10.9. The van der Waals surface area contributed by atoms with Crippen molar-refractivity contribution in [2.24, 2.45) is 10.7 Å². The molecule has 0 aliphatic rings. The van der Waals surface area contributed by atoms with Crippen molar-refractivity contribution in [3.63, 3.8) is 0 Å². The second-order valence-electron chi connectivity index (χ2n) is 4.34. The van der Waals surface area contributed by atoms with Gasteiger partial charge in [-0.15, -0.1) is 0 Å². The van der Waals surface area contributed by atoms with Crippen LogP contribution in [0.25, 0.3) is 0 Å². The van der Waals surface area contributed by atoms with Crippen LogP contribution in [0.5, 0.6) is 0 Å². The highest BCUT2D eigenvalue weighted by Crippen LogP contribution is 2.23. The number of carbonyl (C=O) groups excluding carboxylic acids is 1. The molecule has 20 heavy (non-hydrogen) atoms. The fourth-order valence-electron chi connectivity index (χ4n) is 1.86. The molecule has 0 spiro atoms. The Morgan fingerprint density at radius 1 is 1.10 bits per heavy atom. The minimum atomic E-state index is -0.586. The zero-order chi connectivity index (χ0) is 14.2. The molecular formula is C16H17N3O. The number of anilines is 1. The predicted octanol–water partition coefficient (Wildman–Crippen LogP) is 3.51. The molecule has 102 valence electrons. The van der Waals surface area contributed by atoms with Crippen LogP contribution in [0.2, 0.25) is 0 Å². The quantitative estimate of drug-likeness (QED) is 0.800. The highest BCUT2D eigenvalue weighted by molar-refractivity contribution is 5.91. The van der Waals surface area contributed by atoms with Crippen LogP contribution in [0.4, 0.5) is 16.2 Å². The maximum Gasteiger partial charge on any atom is 0.316 e. The average Bonchev–Trinajstić information content (AvgIpc) is 2.46. The van der Waals surface area contributed by atoms with E-state index < -0.39 is 6.03 Å². The van der Waals surface area contributed by atoms with E-state index in [9.17, 15) is 4.79 Å². The molecule has 0 bridgehead atoms. The molecule has 0 unspecified atom stereocenters. The molecule has 0 saturated heterocycles. The summed E-state index contributed by atoms with van der Waals surface area (Å²) in [6.45, 7) is 0. The average molecular weight is 267 g/mol. The van der Waals surface area contributed by atoms with Gasteiger partial charge >= 0.3 is 6.03 Å². The van der Waals surface area contributed by atoms with E-state index in [0.717, 1.165) is 12.8 Å². The van der Waals surface area contributed by atoms with Crippen molar-refractivity contribution in [1.82, 2.24) is 0 Å². The number of nitrogens with two attached hydrogens (primary N) is 1. The molecule has 2 amide bonds. The van der Waals surface area contributed by atoms with Gasteiger partial charge < -0.3 is 11.1 Å². The van der Waals surface area contributed by atoms with Crippen molar-refractivity contribution < 1.29 is 4.79 Å². The van der Waals surface area contributed by atoms with Crippen molar-refractivity contribution in [1.29, 1.82) is 0 Å². The van der Waals surface area contributed by atoms with Crippen molar-refractivity contribution >= 4 is 23.6 Å². The van der Waals surface area contributed by atoms with Crippen LogP contribution >= 0.6 is 0 Å². The molecule has 0 radical (unpaired) electrons. The molecular weight excluding hydrogens is 250 g/mol. The first-order valence-corrected chi connectivity index (χ1v) is 6.47. The molecule has 4 nitrogen and oxygen atoms in total. The number of para-hydroxylation sites is 2. The van der Waals surface area contributed by atoms with Crippen LogP contribution in [-0.4, -0.2) is 12.2 Å². The number of hydrogen-bond acceptors (Lipinski definition) is 2. The SMILES string of the molecule is NC(=O)Nc1ccccc1N=CCCc1ccccc1. The Morgan fingerprint density at radius 2 is 1.80 bits per heavy atom. The van der Waals surface area contributed by atoms with Crippen LogP contribution in [0.1, 0.15) is 12.0 Å². The van der Waals surface area contributed by atoms with Gasteiger partial charge in [0.05, 0.1) is 11.4 Å². The van der Waals surface area contributed by atoms with E-state index in [4.69, 9.17) is 5.73 Å². The lowest BCUT2D eigenvalue weighted by atomic mass is 10.1. The molecule has 4 heteroatoms. The number of nitrogens with zero attached hydrogens (tertiary/aromatic N) is 1. The van der Waals surface area contributed by atoms with Gasteiger partial charge in [0.2, 0.25) is 0 Å². The lowest BCUT2D eigenvalue weighted by Gasteiger charge is -2.04. The zero-order valence-corrected chi connectivity index (χ0v) is 11.1. The second-order valence-corrected chi connectivity index (χ2v) is 4.34. The summed E-state index contributed by atoms with van der Waals surface area (Å²) in [5.74, 6) is 0. The molecule has 0 atom stereocenters. The van der Waals surface area contributed by atoms with Gasteiger partial charge in [0, 0.05) is 6.21 Å². The third-order valence-corrected chi connectivity index (χ3v) is 2.80. The van der Waals surface area contributed by atoms with Gasteiger partial charge in [-0.1, -0.05) is 42.5 Å². The van der Waals surface area contributed by atoms with Crippen molar-refractivity contribution in [3.8, 4) is 0 Å². The van der Waals surface area contributed by atoms with E-state index >= 15 is 0 Å². The molecule has 2 aromatic carbocycles. The fraction of sp³-hybridized carbons (Fsp3) is 0.125. The summed E-state index contributed by atoms with van der Waals surface area (Å²) in [4.78, 5) is 15.3. The molecule has 0 saturated carbocycles. The van der Waals surface area contributed by atoms with Crippen LogP contribution in [0.3, 0.4) is 0 Å². The number of aliphatic imine (C=N–C) groups is 1. The molecule has 3 N–H and O–H groups in total. The lowest BCUT2D eigenvalue weighted by molar-refractivity contribution is 0.259. The highest BCUT2D eigenvalue weighted by Gasteiger charge is 2.01. The Bertz CT molecular complexity index is 594. The number of amides is 2. The summed E-state index contributed by atoms with van der Waals surface area (Å²) in [5.41, 5.74) is 7.73. The van der Waals surface area contributed by atoms with Crippen molar-refractivity contribution in [2.45, 2.75) is 12.8 Å². The molecule has 2 aromatic rings. The fourth-order valence-corrected chi connectivity index (χ4v) is 1.86. The number of rotatable bonds is 5. The summed E-state index contributed by atoms with van der Waals surface area (Å²) in [7, 11) is 0. The molecule has 0 fully saturated rings. The smallest absolute Gasteiger partial charge is 0.316 e.